The average Bonchev–Trinajstić information content (AvgIpc) is 3.05. The Morgan fingerprint density at radius 2 is 1.88 bits per heavy atom. The molecule has 0 saturated heterocycles. The molecule has 1 aliphatic rings. The number of hydrogen-bond donors (Lipinski definition) is 2. The average molecular weight is 384 g/mol. The fraction of sp³-hybridized carbons (Fsp3) is 0.167. The Morgan fingerprint density at radius 1 is 1.15 bits per heavy atom. The van der Waals surface area contributed by atoms with Crippen LogP contribution in [-0.2, 0) is 11.2 Å². The molecular weight excluding hydrogens is 368 g/mol. The van der Waals surface area contributed by atoms with E-state index < -0.39 is 11.2 Å². The Hall–Kier alpha value is -2.29. The van der Waals surface area contributed by atoms with Gasteiger partial charge in [0.15, 0.2) is 4.90 Å². The molecule has 2 unspecified atom stereocenters. The molecule has 1 aliphatic heterocycles. The highest BCUT2D eigenvalue weighted by molar-refractivity contribution is 8.14. The van der Waals surface area contributed by atoms with E-state index in [0.717, 1.165) is 38.6 Å². The molecule has 2 aromatic carbocycles. The number of nitrogens with zero attached hydrogens (tertiary/aromatic N) is 2. The number of hydrazone groups is 1. The minimum absolute atomic E-state index is 0.0120. The number of hydrogen-bond acceptors (Lipinski definition) is 5. The van der Waals surface area contributed by atoms with Crippen molar-refractivity contribution in [3.8, 4) is 11.4 Å². The van der Waals surface area contributed by atoms with Crippen LogP contribution in [0.1, 0.15) is 12.5 Å². The van der Waals surface area contributed by atoms with Crippen LogP contribution in [0, 0.1) is 0 Å². The molecule has 1 amide bonds. The maximum absolute atomic E-state index is 11.5. The fourth-order valence-corrected chi connectivity index (χ4v) is 4.08. The minimum atomic E-state index is -0.996. The van der Waals surface area contributed by atoms with Crippen molar-refractivity contribution in [2.45, 2.75) is 17.1 Å². The van der Waals surface area contributed by atoms with Crippen LogP contribution in [0.3, 0.4) is 0 Å². The van der Waals surface area contributed by atoms with E-state index in [4.69, 9.17) is 0 Å². The molecule has 0 bridgehead atoms. The summed E-state index contributed by atoms with van der Waals surface area (Å²) in [5.74, 6) is 0.756. The van der Waals surface area contributed by atoms with Crippen LogP contribution in [0.15, 0.2) is 52.5 Å². The molecule has 6 nitrogen and oxygen atoms in total. The van der Waals surface area contributed by atoms with Gasteiger partial charge in [0.05, 0.1) is 22.0 Å². The van der Waals surface area contributed by atoms with Gasteiger partial charge in [0, 0.05) is 11.1 Å². The number of thioether (sulfide) groups is 1. The second kappa shape index (κ2) is 6.79. The summed E-state index contributed by atoms with van der Waals surface area (Å²) < 4.78 is 11.5. The number of benzene rings is 2. The van der Waals surface area contributed by atoms with Gasteiger partial charge in [-0.05, 0) is 54.5 Å². The molecule has 0 fully saturated rings. The lowest BCUT2D eigenvalue weighted by Crippen LogP contribution is -2.29. The zero-order chi connectivity index (χ0) is 18.3. The lowest BCUT2D eigenvalue weighted by molar-refractivity contribution is 0.261. The number of aromatic amines is 1. The Morgan fingerprint density at radius 3 is 2.58 bits per heavy atom. The first-order valence-corrected chi connectivity index (χ1v) is 10.4. The number of rotatable bonds is 3. The second-order valence-electron chi connectivity index (χ2n) is 5.95. The van der Waals surface area contributed by atoms with Crippen molar-refractivity contribution in [1.82, 2.24) is 15.4 Å². The molecule has 132 valence electrons. The van der Waals surface area contributed by atoms with E-state index in [1.807, 2.05) is 49.4 Å². The SMILES string of the molecule is CC1SC(=O)NN=C1c1ccc2[nH]c(-c3ccc([S+](C)[O-])cc3)nc2c1. The molecule has 0 radical (unpaired) electrons. The molecule has 0 saturated carbocycles. The first-order chi connectivity index (χ1) is 12.5. The zero-order valence-corrected chi connectivity index (χ0v) is 15.8. The normalized spacial score (nSPS) is 18.5. The summed E-state index contributed by atoms with van der Waals surface area (Å²) in [5.41, 5.74) is 6.97. The van der Waals surface area contributed by atoms with E-state index in [9.17, 15) is 9.35 Å². The minimum Gasteiger partial charge on any atom is -0.612 e. The van der Waals surface area contributed by atoms with E-state index in [1.54, 1.807) is 6.26 Å². The van der Waals surface area contributed by atoms with Gasteiger partial charge in [0.25, 0.3) is 5.24 Å². The standard InChI is InChI=1S/C18H16N4O2S2/c1-10-16(21-22-18(23)25-10)12-5-8-14-15(9-12)20-17(19-14)11-3-6-13(7-4-11)26(2)24/h3-10H,1-2H3,(H,19,20)(H,22,23). The van der Waals surface area contributed by atoms with Gasteiger partial charge in [-0.2, -0.15) is 5.10 Å². The zero-order valence-electron chi connectivity index (χ0n) is 14.1. The first kappa shape index (κ1) is 17.1. The molecule has 3 aromatic rings. The summed E-state index contributed by atoms with van der Waals surface area (Å²) in [6, 6.07) is 13.4. The lowest BCUT2D eigenvalue weighted by atomic mass is 10.1. The van der Waals surface area contributed by atoms with Crippen LogP contribution in [0.2, 0.25) is 0 Å². The summed E-state index contributed by atoms with van der Waals surface area (Å²) >= 11 is 0.225. The molecular formula is C18H16N4O2S2. The summed E-state index contributed by atoms with van der Waals surface area (Å²) in [4.78, 5) is 20.2. The number of nitrogens with one attached hydrogen (secondary N) is 2. The van der Waals surface area contributed by atoms with E-state index in [2.05, 4.69) is 20.5 Å². The van der Waals surface area contributed by atoms with Crippen LogP contribution < -0.4 is 5.43 Å². The molecule has 2 N–H and O–H groups in total. The van der Waals surface area contributed by atoms with Gasteiger partial charge >= 0.3 is 0 Å². The predicted octanol–water partition coefficient (Wildman–Crippen LogP) is 3.52. The number of H-pyrrole nitrogens is 1. The lowest BCUT2D eigenvalue weighted by Gasteiger charge is -2.18. The van der Waals surface area contributed by atoms with Crippen molar-refractivity contribution in [1.29, 1.82) is 0 Å². The van der Waals surface area contributed by atoms with Crippen LogP contribution in [0.25, 0.3) is 22.4 Å². The Labute approximate surface area is 157 Å². The number of fused-ring (bicyclic) bond motifs is 1. The fourth-order valence-electron chi connectivity index (χ4n) is 2.85. The quantitative estimate of drug-likeness (QED) is 0.676. The maximum atomic E-state index is 11.5. The van der Waals surface area contributed by atoms with Gasteiger partial charge in [-0.1, -0.05) is 17.8 Å². The highest BCUT2D eigenvalue weighted by atomic mass is 32.2. The number of carbonyl (C=O) groups is 1. The van der Waals surface area contributed by atoms with Crippen LogP contribution in [0.4, 0.5) is 4.79 Å². The number of amides is 1. The number of imidazole rings is 1. The summed E-state index contributed by atoms with van der Waals surface area (Å²) in [7, 11) is 0. The Kier molecular flexibility index (Phi) is 4.47. The highest BCUT2D eigenvalue weighted by Gasteiger charge is 2.22. The third kappa shape index (κ3) is 3.23. The van der Waals surface area contributed by atoms with Gasteiger partial charge in [-0.3, -0.25) is 4.79 Å². The molecule has 2 heterocycles. The highest BCUT2D eigenvalue weighted by Crippen LogP contribution is 2.26. The van der Waals surface area contributed by atoms with Crippen LogP contribution in [-0.4, -0.2) is 37.0 Å². The third-order valence-corrected chi connectivity index (χ3v) is 5.99. The van der Waals surface area contributed by atoms with Gasteiger partial charge in [-0.15, -0.1) is 0 Å². The largest absolute Gasteiger partial charge is 0.612 e. The predicted molar refractivity (Wildman–Crippen MR) is 106 cm³/mol. The van der Waals surface area contributed by atoms with E-state index in [0.29, 0.717) is 0 Å². The molecule has 0 aliphatic carbocycles. The molecule has 1 aromatic heterocycles. The molecule has 4 rings (SSSR count). The topological polar surface area (TPSA) is 93.2 Å². The smallest absolute Gasteiger partial charge is 0.299 e. The maximum Gasteiger partial charge on any atom is 0.299 e. The van der Waals surface area contributed by atoms with Gasteiger partial charge in [-0.25, -0.2) is 10.4 Å². The number of aromatic nitrogens is 2. The van der Waals surface area contributed by atoms with Gasteiger partial charge in [0.2, 0.25) is 0 Å². The van der Waals surface area contributed by atoms with Crippen LogP contribution in [0.5, 0.6) is 0 Å². The third-order valence-electron chi connectivity index (χ3n) is 4.18. The van der Waals surface area contributed by atoms with Crippen molar-refractivity contribution in [2.24, 2.45) is 5.10 Å². The number of carbonyl (C=O) groups excluding carboxylic acids is 1. The molecule has 0 spiro atoms. The van der Waals surface area contributed by atoms with Gasteiger partial charge in [0.1, 0.15) is 12.1 Å². The van der Waals surface area contributed by atoms with Crippen LogP contribution >= 0.6 is 11.8 Å². The van der Waals surface area contributed by atoms with Gasteiger partial charge < -0.3 is 9.54 Å². The van der Waals surface area contributed by atoms with Crippen molar-refractivity contribution >= 4 is 44.9 Å². The van der Waals surface area contributed by atoms with Crippen molar-refractivity contribution in [2.75, 3.05) is 6.26 Å². The van der Waals surface area contributed by atoms with Crippen molar-refractivity contribution in [3.05, 3.63) is 48.0 Å². The molecule has 8 heteroatoms. The summed E-state index contributed by atoms with van der Waals surface area (Å²) in [6.07, 6.45) is 1.66. The van der Waals surface area contributed by atoms with Crippen molar-refractivity contribution in [3.63, 3.8) is 0 Å². The summed E-state index contributed by atoms with van der Waals surface area (Å²) in [6.45, 7) is 1.96. The molecule has 26 heavy (non-hydrogen) atoms. The van der Waals surface area contributed by atoms with E-state index in [1.165, 1.54) is 11.8 Å². The second-order valence-corrected chi connectivity index (χ2v) is 8.65. The van der Waals surface area contributed by atoms with E-state index >= 15 is 0 Å². The first-order valence-electron chi connectivity index (χ1n) is 7.99. The Bertz CT molecular complexity index is 1010. The Balaban J connectivity index is 1.69. The molecule has 2 atom stereocenters. The monoisotopic (exact) mass is 384 g/mol. The van der Waals surface area contributed by atoms with E-state index in [-0.39, 0.29) is 10.5 Å². The summed E-state index contributed by atoms with van der Waals surface area (Å²) in [5, 5.41) is 4.04. The van der Waals surface area contributed by atoms with Crippen molar-refractivity contribution < 1.29 is 9.35 Å².